The number of ketones is 1. The van der Waals surface area contributed by atoms with Crippen LogP contribution in [0.3, 0.4) is 0 Å². The smallest absolute Gasteiger partial charge is 0.305 e. The fraction of sp³-hybridized carbons (Fsp3) is 0.867. The van der Waals surface area contributed by atoms with Gasteiger partial charge in [-0.2, -0.15) is 0 Å². The first-order chi connectivity index (χ1) is 16.6. The van der Waals surface area contributed by atoms with Crippen LogP contribution in [0, 0.1) is 28.6 Å². The van der Waals surface area contributed by atoms with Crippen LogP contribution >= 0.6 is 0 Å². The Morgan fingerprint density at radius 1 is 0.914 bits per heavy atom. The Bertz CT molecular complexity index is 783. The third-order valence-electron chi connectivity index (χ3n) is 10.1. The predicted octanol–water partition coefficient (Wildman–Crippen LogP) is 7.03. The van der Waals surface area contributed by atoms with E-state index in [9.17, 15) is 9.59 Å². The maximum absolute atomic E-state index is 12.5. The van der Waals surface area contributed by atoms with Crippen LogP contribution in [0.25, 0.3) is 0 Å². The second kappa shape index (κ2) is 11.5. The SMILES string of the molecule is CC.COC(=O)CC/C(C)=C1\CCC2C(CC(C)=O)C(C3(C)CCC4(CC3)OCCO4)CCC12C. The highest BCUT2D eigenvalue weighted by atomic mass is 16.7. The summed E-state index contributed by atoms with van der Waals surface area (Å²) in [5.41, 5.74) is 3.32. The number of esters is 1. The van der Waals surface area contributed by atoms with E-state index in [0.717, 1.165) is 51.7 Å². The molecule has 0 radical (unpaired) electrons. The molecule has 0 amide bonds. The molecule has 200 valence electrons. The monoisotopic (exact) mass is 490 g/mol. The number of rotatable bonds is 6. The molecule has 3 aliphatic carbocycles. The Balaban J connectivity index is 0.00000167. The molecule has 0 aromatic heterocycles. The average molecular weight is 491 g/mol. The summed E-state index contributed by atoms with van der Waals surface area (Å²) in [6.07, 6.45) is 10.8. The van der Waals surface area contributed by atoms with E-state index >= 15 is 0 Å². The molecule has 3 saturated carbocycles. The highest BCUT2D eigenvalue weighted by Gasteiger charge is 2.57. The summed E-state index contributed by atoms with van der Waals surface area (Å²) >= 11 is 0. The second-order valence-electron chi connectivity index (χ2n) is 11.9. The van der Waals surface area contributed by atoms with Crippen LogP contribution in [0.5, 0.6) is 0 Å². The normalized spacial score (nSPS) is 34.5. The molecular weight excluding hydrogens is 440 g/mol. The van der Waals surface area contributed by atoms with Crippen molar-refractivity contribution in [1.82, 2.24) is 0 Å². The van der Waals surface area contributed by atoms with E-state index in [1.807, 2.05) is 13.8 Å². The Hall–Kier alpha value is -1.20. The van der Waals surface area contributed by atoms with Crippen molar-refractivity contribution in [2.24, 2.45) is 28.6 Å². The van der Waals surface area contributed by atoms with Gasteiger partial charge in [0.05, 0.1) is 20.3 Å². The van der Waals surface area contributed by atoms with Gasteiger partial charge in [0, 0.05) is 25.7 Å². The zero-order valence-electron chi connectivity index (χ0n) is 23.5. The molecule has 35 heavy (non-hydrogen) atoms. The van der Waals surface area contributed by atoms with Gasteiger partial charge >= 0.3 is 5.97 Å². The molecule has 0 aromatic rings. The van der Waals surface area contributed by atoms with Crippen molar-refractivity contribution < 1.29 is 23.8 Å². The van der Waals surface area contributed by atoms with Gasteiger partial charge in [-0.1, -0.05) is 38.8 Å². The molecule has 1 aliphatic heterocycles. The summed E-state index contributed by atoms with van der Waals surface area (Å²) in [4.78, 5) is 24.2. The number of methoxy groups -OCH3 is 1. The average Bonchev–Trinajstić information content (AvgIpc) is 3.45. The molecular formula is C30H50O5. The summed E-state index contributed by atoms with van der Waals surface area (Å²) in [5, 5.41) is 0. The number of carbonyl (C=O) groups is 2. The van der Waals surface area contributed by atoms with Crippen LogP contribution in [0.2, 0.25) is 0 Å². The van der Waals surface area contributed by atoms with Crippen molar-refractivity contribution in [3.05, 3.63) is 11.1 Å². The molecule has 5 nitrogen and oxygen atoms in total. The molecule has 1 saturated heterocycles. The molecule has 4 fully saturated rings. The van der Waals surface area contributed by atoms with Gasteiger partial charge in [0.25, 0.3) is 0 Å². The molecule has 4 unspecified atom stereocenters. The van der Waals surface area contributed by atoms with Crippen LogP contribution in [-0.4, -0.2) is 37.9 Å². The molecule has 0 bridgehead atoms. The Kier molecular flexibility index (Phi) is 9.29. The number of hydrogen-bond acceptors (Lipinski definition) is 5. The Labute approximate surface area is 213 Å². The number of hydrogen-bond donors (Lipinski definition) is 0. The van der Waals surface area contributed by atoms with Gasteiger partial charge in [-0.3, -0.25) is 4.79 Å². The largest absolute Gasteiger partial charge is 0.469 e. The van der Waals surface area contributed by atoms with Gasteiger partial charge in [-0.25, -0.2) is 0 Å². The fourth-order valence-electron chi connectivity index (χ4n) is 8.18. The molecule has 5 heteroatoms. The van der Waals surface area contributed by atoms with Crippen molar-refractivity contribution in [3.63, 3.8) is 0 Å². The van der Waals surface area contributed by atoms with Gasteiger partial charge in [-0.15, -0.1) is 0 Å². The van der Waals surface area contributed by atoms with Crippen LogP contribution in [0.15, 0.2) is 11.1 Å². The second-order valence-corrected chi connectivity index (χ2v) is 11.9. The van der Waals surface area contributed by atoms with E-state index in [1.54, 1.807) is 12.5 Å². The lowest BCUT2D eigenvalue weighted by Gasteiger charge is -2.55. The van der Waals surface area contributed by atoms with Crippen LogP contribution in [-0.2, 0) is 23.8 Å². The predicted molar refractivity (Wildman–Crippen MR) is 139 cm³/mol. The minimum atomic E-state index is -0.335. The molecule has 1 heterocycles. The van der Waals surface area contributed by atoms with Crippen molar-refractivity contribution in [3.8, 4) is 0 Å². The van der Waals surface area contributed by atoms with Crippen molar-refractivity contribution >= 4 is 11.8 Å². The summed E-state index contributed by atoms with van der Waals surface area (Å²) in [7, 11) is 1.46. The minimum Gasteiger partial charge on any atom is -0.469 e. The van der Waals surface area contributed by atoms with Crippen LogP contribution in [0.1, 0.15) is 112 Å². The van der Waals surface area contributed by atoms with Crippen LogP contribution < -0.4 is 0 Å². The van der Waals surface area contributed by atoms with Gasteiger partial charge in [-0.05, 0) is 87.4 Å². The lowest BCUT2D eigenvalue weighted by molar-refractivity contribution is -0.200. The zero-order valence-corrected chi connectivity index (χ0v) is 23.5. The number of ether oxygens (including phenoxy) is 3. The summed E-state index contributed by atoms with van der Waals surface area (Å²) in [5.74, 6) is 1.43. The van der Waals surface area contributed by atoms with Gasteiger partial charge in [0.15, 0.2) is 5.79 Å². The number of Topliss-reactive ketones (excluding diaryl/α,β-unsaturated/α-hetero) is 1. The highest BCUT2D eigenvalue weighted by molar-refractivity contribution is 5.75. The van der Waals surface area contributed by atoms with Gasteiger partial charge in [0.1, 0.15) is 5.78 Å². The maximum Gasteiger partial charge on any atom is 0.305 e. The van der Waals surface area contributed by atoms with E-state index in [0.29, 0.717) is 36.4 Å². The molecule has 0 N–H and O–H groups in total. The summed E-state index contributed by atoms with van der Waals surface area (Å²) in [6.45, 7) is 14.3. The van der Waals surface area contributed by atoms with E-state index in [-0.39, 0.29) is 22.6 Å². The van der Waals surface area contributed by atoms with E-state index in [1.165, 1.54) is 31.9 Å². The fourth-order valence-corrected chi connectivity index (χ4v) is 8.18. The van der Waals surface area contributed by atoms with Crippen molar-refractivity contribution in [2.75, 3.05) is 20.3 Å². The third kappa shape index (κ3) is 5.71. The first-order valence-corrected chi connectivity index (χ1v) is 14.2. The topological polar surface area (TPSA) is 61.8 Å². The summed E-state index contributed by atoms with van der Waals surface area (Å²) < 4.78 is 16.9. The summed E-state index contributed by atoms with van der Waals surface area (Å²) in [6, 6.07) is 0. The quantitative estimate of drug-likeness (QED) is 0.295. The standard InChI is InChI=1S/C28H44O5.C2H6/c1-19(6-9-25(30)31-5)22-7-8-24-21(18-20(2)29)23(10-11-27(22,24)4)26(3)12-14-28(15-13-26)32-16-17-33-28;1-2/h21,23-24H,6-18H2,1-5H3;1-2H3/b22-19+;. The van der Waals surface area contributed by atoms with Crippen LogP contribution in [0.4, 0.5) is 0 Å². The van der Waals surface area contributed by atoms with Crippen molar-refractivity contribution in [2.45, 2.75) is 118 Å². The van der Waals surface area contributed by atoms with Gasteiger partial charge in [0.2, 0.25) is 0 Å². The van der Waals surface area contributed by atoms with E-state index in [4.69, 9.17) is 14.2 Å². The maximum atomic E-state index is 12.5. The first-order valence-electron chi connectivity index (χ1n) is 14.2. The number of fused-ring (bicyclic) bond motifs is 1. The first kappa shape index (κ1) is 28.4. The van der Waals surface area contributed by atoms with Crippen molar-refractivity contribution in [1.29, 1.82) is 0 Å². The lowest BCUT2D eigenvalue weighted by Crippen LogP contribution is -2.49. The van der Waals surface area contributed by atoms with E-state index in [2.05, 4.69) is 20.8 Å². The molecule has 4 aliphatic rings. The molecule has 0 aromatic carbocycles. The minimum absolute atomic E-state index is 0.133. The highest BCUT2D eigenvalue weighted by Crippen LogP contribution is 2.64. The Morgan fingerprint density at radius 3 is 2.11 bits per heavy atom. The molecule has 4 atom stereocenters. The molecule has 4 rings (SSSR count). The number of carbonyl (C=O) groups excluding carboxylic acids is 2. The zero-order chi connectivity index (χ0) is 25.9. The molecule has 1 spiro atoms. The lowest BCUT2D eigenvalue weighted by atomic mass is 9.50. The van der Waals surface area contributed by atoms with E-state index < -0.39 is 0 Å². The van der Waals surface area contributed by atoms with Gasteiger partial charge < -0.3 is 19.0 Å². The Morgan fingerprint density at radius 2 is 1.54 bits per heavy atom. The third-order valence-corrected chi connectivity index (χ3v) is 10.1. The number of allylic oxidation sites excluding steroid dienone is 2.